The number of carbonyl (C=O) groups is 1. The third-order valence-corrected chi connectivity index (χ3v) is 4.86. The van der Waals surface area contributed by atoms with Crippen LogP contribution in [-0.4, -0.2) is 39.2 Å². The zero-order valence-corrected chi connectivity index (χ0v) is 12.7. The highest BCUT2D eigenvalue weighted by molar-refractivity contribution is 5.55. The average Bonchev–Trinajstić information content (AvgIpc) is 2.91. The van der Waals surface area contributed by atoms with Crippen molar-refractivity contribution in [3.05, 3.63) is 36.2 Å². The summed E-state index contributed by atoms with van der Waals surface area (Å²) in [7, 11) is 0. The molecule has 1 saturated carbocycles. The van der Waals surface area contributed by atoms with E-state index in [-0.39, 0.29) is 11.5 Å². The molecule has 0 atom stereocenters. The van der Waals surface area contributed by atoms with Crippen molar-refractivity contribution in [1.29, 1.82) is 0 Å². The van der Waals surface area contributed by atoms with Crippen LogP contribution in [0.2, 0.25) is 0 Å². The van der Waals surface area contributed by atoms with Gasteiger partial charge in [0.15, 0.2) is 5.69 Å². The Morgan fingerprint density at radius 3 is 2.58 bits per heavy atom. The van der Waals surface area contributed by atoms with Gasteiger partial charge in [0, 0.05) is 24.7 Å². The second-order valence-electron chi connectivity index (χ2n) is 6.64. The summed E-state index contributed by atoms with van der Waals surface area (Å²) in [4.78, 5) is 16.5. The summed E-state index contributed by atoms with van der Waals surface area (Å²) in [6.07, 6.45) is -0.656. The minimum Gasteiger partial charge on any atom is -0.344 e. The van der Waals surface area contributed by atoms with E-state index in [9.17, 15) is 18.0 Å². The lowest BCUT2D eigenvalue weighted by Crippen LogP contribution is -2.61. The van der Waals surface area contributed by atoms with Gasteiger partial charge in [-0.15, -0.1) is 0 Å². The van der Waals surface area contributed by atoms with E-state index in [4.69, 9.17) is 0 Å². The number of aromatic nitrogens is 3. The van der Waals surface area contributed by atoms with Crippen LogP contribution in [0.25, 0.3) is 11.4 Å². The van der Waals surface area contributed by atoms with Crippen molar-refractivity contribution in [1.82, 2.24) is 19.7 Å². The predicted octanol–water partition coefficient (Wildman–Crippen LogP) is 2.76. The second kappa shape index (κ2) is 5.06. The number of likely N-dealkylation sites (tertiary alicyclic amines) is 1. The smallest absolute Gasteiger partial charge is 0.344 e. The van der Waals surface area contributed by atoms with Gasteiger partial charge in [0.2, 0.25) is 6.41 Å². The van der Waals surface area contributed by atoms with Gasteiger partial charge in [-0.1, -0.05) is 6.07 Å². The first kappa shape index (κ1) is 15.2. The quantitative estimate of drug-likeness (QED) is 0.810. The molecular weight excluding hydrogens is 321 g/mol. The molecule has 0 bridgehead atoms. The van der Waals surface area contributed by atoms with Crippen LogP contribution in [0.1, 0.15) is 24.6 Å². The molecule has 24 heavy (non-hydrogen) atoms. The lowest BCUT2D eigenvalue weighted by atomic mass is 9.61. The molecule has 2 fully saturated rings. The fourth-order valence-electron chi connectivity index (χ4n) is 3.78. The maximum absolute atomic E-state index is 13.1. The molecule has 2 aromatic rings. The Kier molecular flexibility index (Phi) is 3.20. The average molecular weight is 336 g/mol. The Hall–Kier alpha value is -2.38. The van der Waals surface area contributed by atoms with E-state index in [0.29, 0.717) is 24.5 Å². The molecule has 8 heteroatoms. The number of carbonyl (C=O) groups excluding carboxylic acids is 1. The Morgan fingerprint density at radius 1 is 1.25 bits per heavy atom. The van der Waals surface area contributed by atoms with Gasteiger partial charge in [-0.2, -0.15) is 18.3 Å². The summed E-state index contributed by atoms with van der Waals surface area (Å²) < 4.78 is 40.7. The number of amides is 1. The van der Waals surface area contributed by atoms with Crippen molar-refractivity contribution in [2.24, 2.45) is 5.41 Å². The van der Waals surface area contributed by atoms with Crippen molar-refractivity contribution in [2.45, 2.75) is 25.1 Å². The zero-order valence-electron chi connectivity index (χ0n) is 12.7. The van der Waals surface area contributed by atoms with Crippen LogP contribution < -0.4 is 0 Å². The summed E-state index contributed by atoms with van der Waals surface area (Å²) in [6.45, 7) is 1.36. The van der Waals surface area contributed by atoms with Crippen LogP contribution in [-0.2, 0) is 11.0 Å². The van der Waals surface area contributed by atoms with Gasteiger partial charge in [0.1, 0.15) is 0 Å². The largest absolute Gasteiger partial charge is 0.435 e. The minimum atomic E-state index is -4.49. The van der Waals surface area contributed by atoms with Crippen molar-refractivity contribution in [2.75, 3.05) is 13.1 Å². The molecule has 1 amide bonds. The van der Waals surface area contributed by atoms with Crippen LogP contribution in [0, 0.1) is 5.41 Å². The van der Waals surface area contributed by atoms with E-state index in [0.717, 1.165) is 25.3 Å². The highest BCUT2D eigenvalue weighted by atomic mass is 19.4. The molecule has 3 heterocycles. The normalized spacial score (nSPS) is 19.9. The van der Waals surface area contributed by atoms with Gasteiger partial charge in [-0.25, -0.2) is 0 Å². The Morgan fingerprint density at radius 2 is 2.00 bits per heavy atom. The molecular formula is C16H15F3N4O. The first-order valence-corrected chi connectivity index (χ1v) is 7.68. The summed E-state index contributed by atoms with van der Waals surface area (Å²) in [5.74, 6) is 0. The fourth-order valence-corrected chi connectivity index (χ4v) is 3.78. The van der Waals surface area contributed by atoms with Gasteiger partial charge in [0.25, 0.3) is 0 Å². The van der Waals surface area contributed by atoms with Crippen LogP contribution >= 0.6 is 0 Å². The van der Waals surface area contributed by atoms with Crippen molar-refractivity contribution in [3.8, 4) is 11.4 Å². The van der Waals surface area contributed by atoms with Crippen molar-refractivity contribution < 1.29 is 18.0 Å². The SMILES string of the molecule is O=CN1CC2(CC(n3nc(C(F)(F)F)cc3-c3ccccn3)C2)C1. The Bertz CT molecular complexity index is 757. The van der Waals surface area contributed by atoms with E-state index in [1.54, 1.807) is 29.3 Å². The number of pyridine rings is 1. The monoisotopic (exact) mass is 336 g/mol. The number of halogens is 3. The summed E-state index contributed by atoms with van der Waals surface area (Å²) in [5, 5.41) is 3.81. The van der Waals surface area contributed by atoms with Gasteiger partial charge >= 0.3 is 6.18 Å². The zero-order chi connectivity index (χ0) is 16.9. The molecule has 2 aliphatic rings. The molecule has 1 aliphatic heterocycles. The van der Waals surface area contributed by atoms with E-state index < -0.39 is 11.9 Å². The molecule has 0 unspecified atom stereocenters. The van der Waals surface area contributed by atoms with Gasteiger partial charge in [0.05, 0.1) is 17.4 Å². The Labute approximate surface area is 136 Å². The number of rotatable bonds is 3. The summed E-state index contributed by atoms with van der Waals surface area (Å²) in [6, 6.07) is 6.11. The molecule has 2 aromatic heterocycles. The maximum atomic E-state index is 13.1. The first-order valence-electron chi connectivity index (χ1n) is 7.68. The van der Waals surface area contributed by atoms with E-state index >= 15 is 0 Å². The van der Waals surface area contributed by atoms with E-state index in [2.05, 4.69) is 10.1 Å². The maximum Gasteiger partial charge on any atom is 0.435 e. The summed E-state index contributed by atoms with van der Waals surface area (Å²) >= 11 is 0. The molecule has 4 rings (SSSR count). The van der Waals surface area contributed by atoms with Crippen molar-refractivity contribution >= 4 is 6.41 Å². The second-order valence-corrected chi connectivity index (χ2v) is 6.64. The number of hydrogen-bond donors (Lipinski definition) is 0. The third kappa shape index (κ3) is 2.37. The summed E-state index contributed by atoms with van der Waals surface area (Å²) in [5.41, 5.74) is 0.0169. The highest BCUT2D eigenvalue weighted by Crippen LogP contribution is 2.54. The minimum absolute atomic E-state index is 0.0529. The van der Waals surface area contributed by atoms with Gasteiger partial charge in [-0.3, -0.25) is 14.5 Å². The molecule has 0 radical (unpaired) electrons. The highest BCUT2D eigenvalue weighted by Gasteiger charge is 2.53. The number of nitrogens with zero attached hydrogens (tertiary/aromatic N) is 4. The standard InChI is InChI=1S/C16H15F3N4O/c17-16(18,19)14-5-13(12-3-1-2-4-20-12)23(21-14)11-6-15(7-11)8-22(9-15)10-24/h1-5,10-11H,6-9H2. The molecule has 0 aromatic carbocycles. The Balaban J connectivity index is 1.63. The fraction of sp³-hybridized carbons (Fsp3) is 0.438. The molecule has 1 spiro atoms. The lowest BCUT2D eigenvalue weighted by molar-refractivity contribution is -0.144. The van der Waals surface area contributed by atoms with Gasteiger partial charge < -0.3 is 4.90 Å². The van der Waals surface area contributed by atoms with Gasteiger partial charge in [-0.05, 0) is 31.0 Å². The molecule has 126 valence electrons. The molecule has 5 nitrogen and oxygen atoms in total. The number of alkyl halides is 3. The van der Waals surface area contributed by atoms with Crippen molar-refractivity contribution in [3.63, 3.8) is 0 Å². The number of hydrogen-bond acceptors (Lipinski definition) is 3. The van der Waals surface area contributed by atoms with E-state index in [1.165, 1.54) is 4.68 Å². The topological polar surface area (TPSA) is 51.0 Å². The van der Waals surface area contributed by atoms with Crippen LogP contribution in [0.5, 0.6) is 0 Å². The van der Waals surface area contributed by atoms with Crippen LogP contribution in [0.3, 0.4) is 0 Å². The van der Waals surface area contributed by atoms with E-state index in [1.807, 2.05) is 0 Å². The molecule has 1 aliphatic carbocycles. The van der Waals surface area contributed by atoms with Crippen LogP contribution in [0.4, 0.5) is 13.2 Å². The van der Waals surface area contributed by atoms with Crippen LogP contribution in [0.15, 0.2) is 30.5 Å². The first-order chi connectivity index (χ1) is 11.4. The molecule has 1 saturated heterocycles. The molecule has 0 N–H and O–H groups in total. The predicted molar refractivity (Wildman–Crippen MR) is 78.8 cm³/mol. The lowest BCUT2D eigenvalue weighted by Gasteiger charge is -2.58. The third-order valence-electron chi connectivity index (χ3n) is 4.86.